The maximum Gasteiger partial charge on any atom is 0.234 e. The number of nitrogens with one attached hydrogen (secondary N) is 1. The number of ether oxygens (including phenoxy) is 1. The Morgan fingerprint density at radius 1 is 1.00 bits per heavy atom. The van der Waals surface area contributed by atoms with E-state index in [1.165, 1.54) is 24.4 Å². The second-order valence-corrected chi connectivity index (χ2v) is 8.86. The second kappa shape index (κ2) is 11.0. The van der Waals surface area contributed by atoms with Gasteiger partial charge in [0.2, 0.25) is 5.91 Å². The largest absolute Gasteiger partial charge is 0.497 e. The molecule has 4 rings (SSSR count). The van der Waals surface area contributed by atoms with Crippen molar-refractivity contribution in [2.24, 2.45) is 0 Å². The molecule has 0 aliphatic carbocycles. The Bertz CT molecular complexity index is 1150. The first-order valence-corrected chi connectivity index (χ1v) is 12.0. The van der Waals surface area contributed by atoms with Crippen molar-refractivity contribution in [3.8, 4) is 5.75 Å². The molecule has 1 amide bonds. The highest BCUT2D eigenvalue weighted by Crippen LogP contribution is 2.24. The number of Topliss-reactive ketones (excluding diaryl/α,β-unsaturated/α-hetero) is 1. The molecule has 176 valence electrons. The highest BCUT2D eigenvalue weighted by Gasteiger charge is 2.19. The molecule has 1 aliphatic rings. The van der Waals surface area contributed by atoms with Crippen molar-refractivity contribution in [1.82, 2.24) is 9.97 Å². The molecular weight excluding hydrogens is 450 g/mol. The third-order valence-electron chi connectivity index (χ3n) is 5.57. The summed E-state index contributed by atoms with van der Waals surface area (Å²) < 4.78 is 5.24. The van der Waals surface area contributed by atoms with E-state index in [1.54, 1.807) is 37.7 Å². The quantitative estimate of drug-likeness (QED) is 0.298. The average Bonchev–Trinajstić information content (AvgIpc) is 2.88. The zero-order valence-corrected chi connectivity index (χ0v) is 20.0. The first-order valence-electron chi connectivity index (χ1n) is 11.0. The van der Waals surface area contributed by atoms with Crippen LogP contribution in [-0.2, 0) is 4.79 Å². The van der Waals surface area contributed by atoms with Gasteiger partial charge in [0.1, 0.15) is 22.9 Å². The van der Waals surface area contributed by atoms with E-state index in [1.807, 2.05) is 18.2 Å². The molecule has 1 aliphatic heterocycles. The van der Waals surface area contributed by atoms with E-state index in [0.717, 1.165) is 42.8 Å². The Hall–Kier alpha value is -3.59. The van der Waals surface area contributed by atoms with Crippen LogP contribution in [0.4, 0.5) is 17.2 Å². The van der Waals surface area contributed by atoms with Gasteiger partial charge in [-0.2, -0.15) is 0 Å². The summed E-state index contributed by atoms with van der Waals surface area (Å²) >= 11 is 1.36. The summed E-state index contributed by atoms with van der Waals surface area (Å²) in [6, 6.07) is 17.0. The first-order chi connectivity index (χ1) is 16.5. The fourth-order valence-corrected chi connectivity index (χ4v) is 4.38. The minimum atomic E-state index is -0.154. The molecule has 0 unspecified atom stereocenters. The zero-order chi connectivity index (χ0) is 23.9. The fourth-order valence-electron chi connectivity index (χ4n) is 3.72. The number of carbonyl (C=O) groups is 2. The lowest BCUT2D eigenvalue weighted by atomic mass is 10.1. The Labute approximate surface area is 203 Å². The predicted octanol–water partition coefficient (Wildman–Crippen LogP) is 3.75. The van der Waals surface area contributed by atoms with Crippen LogP contribution in [0.2, 0.25) is 0 Å². The number of carbonyl (C=O) groups excluding carboxylic acids is 2. The van der Waals surface area contributed by atoms with Crippen molar-refractivity contribution in [2.45, 2.75) is 11.9 Å². The van der Waals surface area contributed by atoms with Crippen LogP contribution in [0.25, 0.3) is 0 Å². The summed E-state index contributed by atoms with van der Waals surface area (Å²) in [5.41, 5.74) is 2.36. The fraction of sp³-hybridized carbons (Fsp3) is 0.280. The molecular formula is C25H27N5O3S. The Morgan fingerprint density at radius 3 is 2.44 bits per heavy atom. The summed E-state index contributed by atoms with van der Waals surface area (Å²) in [6.07, 6.45) is 1.54. The van der Waals surface area contributed by atoms with Gasteiger partial charge in [-0.25, -0.2) is 9.97 Å². The predicted molar refractivity (Wildman–Crippen MR) is 135 cm³/mol. The molecule has 1 saturated heterocycles. The average molecular weight is 478 g/mol. The van der Waals surface area contributed by atoms with Crippen molar-refractivity contribution in [3.63, 3.8) is 0 Å². The lowest BCUT2D eigenvalue weighted by Crippen LogP contribution is -2.46. The number of hydrogen-bond donors (Lipinski definition) is 1. The van der Waals surface area contributed by atoms with Gasteiger partial charge in [-0.3, -0.25) is 9.59 Å². The van der Waals surface area contributed by atoms with E-state index in [0.29, 0.717) is 11.3 Å². The number of anilines is 3. The van der Waals surface area contributed by atoms with Gasteiger partial charge in [-0.05, 0) is 43.3 Å². The van der Waals surface area contributed by atoms with Crippen molar-refractivity contribution >= 4 is 40.6 Å². The number of piperazine rings is 1. The van der Waals surface area contributed by atoms with Crippen molar-refractivity contribution in [1.29, 1.82) is 0 Å². The zero-order valence-electron chi connectivity index (χ0n) is 19.2. The van der Waals surface area contributed by atoms with Crippen LogP contribution in [0, 0.1) is 0 Å². The number of rotatable bonds is 8. The van der Waals surface area contributed by atoms with Crippen molar-refractivity contribution in [2.75, 3.05) is 54.2 Å². The van der Waals surface area contributed by atoms with Crippen LogP contribution >= 0.6 is 11.8 Å². The van der Waals surface area contributed by atoms with E-state index >= 15 is 0 Å². The maximum atomic E-state index is 12.4. The number of hydrogen-bond acceptors (Lipinski definition) is 8. The van der Waals surface area contributed by atoms with Gasteiger partial charge in [0.05, 0.1) is 12.9 Å². The molecule has 0 radical (unpaired) electrons. The van der Waals surface area contributed by atoms with Gasteiger partial charge in [0.15, 0.2) is 5.78 Å². The number of nitrogens with zero attached hydrogens (tertiary/aromatic N) is 4. The third kappa shape index (κ3) is 6.05. The Morgan fingerprint density at radius 2 is 1.74 bits per heavy atom. The molecule has 2 heterocycles. The lowest BCUT2D eigenvalue weighted by Gasteiger charge is -2.36. The summed E-state index contributed by atoms with van der Waals surface area (Å²) in [6.45, 7) is 4.98. The van der Waals surface area contributed by atoms with Crippen LogP contribution in [-0.4, -0.2) is 60.7 Å². The summed E-state index contributed by atoms with van der Waals surface area (Å²) in [4.78, 5) is 37.2. The minimum Gasteiger partial charge on any atom is -0.497 e. The highest BCUT2D eigenvalue weighted by molar-refractivity contribution is 7.99. The van der Waals surface area contributed by atoms with Crippen molar-refractivity contribution in [3.05, 3.63) is 66.5 Å². The molecule has 0 spiro atoms. The Kier molecular flexibility index (Phi) is 7.64. The number of ketones is 1. The minimum absolute atomic E-state index is 0.0381. The second-order valence-electron chi connectivity index (χ2n) is 7.86. The highest BCUT2D eigenvalue weighted by atomic mass is 32.2. The van der Waals surface area contributed by atoms with Crippen LogP contribution in [0.15, 0.2) is 66.0 Å². The summed E-state index contributed by atoms with van der Waals surface area (Å²) in [7, 11) is 1.67. The monoisotopic (exact) mass is 477 g/mol. The standard InChI is InChI=1S/C25H27N5O3S/c1-18(31)19-4-3-5-20(14-19)28-24(32)16-34-25-15-23(26-17-27-25)30-12-10-29(11-13-30)21-6-8-22(33-2)9-7-21/h3-9,14-15,17H,10-13,16H2,1-2H3,(H,28,32). The SMILES string of the molecule is COc1ccc(N2CCN(c3cc(SCC(=O)Nc4cccc(C(C)=O)c4)ncn3)CC2)cc1. The molecule has 0 bridgehead atoms. The number of benzene rings is 2. The van der Waals surface area contributed by atoms with Gasteiger partial charge < -0.3 is 19.9 Å². The molecule has 0 saturated carbocycles. The number of methoxy groups -OCH3 is 1. The molecule has 2 aromatic carbocycles. The van der Waals surface area contributed by atoms with Gasteiger partial charge in [0.25, 0.3) is 0 Å². The molecule has 1 aromatic heterocycles. The van der Waals surface area contributed by atoms with E-state index in [2.05, 4.69) is 37.2 Å². The normalized spacial score (nSPS) is 13.5. The molecule has 0 atom stereocenters. The number of aromatic nitrogens is 2. The topological polar surface area (TPSA) is 87.7 Å². The van der Waals surface area contributed by atoms with Gasteiger partial charge in [-0.15, -0.1) is 0 Å². The third-order valence-corrected chi connectivity index (χ3v) is 6.50. The van der Waals surface area contributed by atoms with Crippen molar-refractivity contribution < 1.29 is 14.3 Å². The molecule has 9 heteroatoms. The van der Waals surface area contributed by atoms with Crippen LogP contribution in [0.3, 0.4) is 0 Å². The lowest BCUT2D eigenvalue weighted by molar-refractivity contribution is -0.113. The van der Waals surface area contributed by atoms with E-state index < -0.39 is 0 Å². The van der Waals surface area contributed by atoms with E-state index in [4.69, 9.17) is 4.74 Å². The van der Waals surface area contributed by atoms with Crippen LogP contribution < -0.4 is 19.9 Å². The number of amides is 1. The first kappa shape index (κ1) is 23.6. The summed E-state index contributed by atoms with van der Waals surface area (Å²) in [5.74, 6) is 1.74. The molecule has 3 aromatic rings. The van der Waals surface area contributed by atoms with E-state index in [9.17, 15) is 9.59 Å². The van der Waals surface area contributed by atoms with Crippen LogP contribution in [0.5, 0.6) is 5.75 Å². The van der Waals surface area contributed by atoms with Crippen LogP contribution in [0.1, 0.15) is 17.3 Å². The Balaban J connectivity index is 1.29. The molecule has 34 heavy (non-hydrogen) atoms. The summed E-state index contributed by atoms with van der Waals surface area (Å²) in [5, 5.41) is 3.58. The molecule has 1 fully saturated rings. The maximum absolute atomic E-state index is 12.4. The molecule has 1 N–H and O–H groups in total. The molecule has 8 nitrogen and oxygen atoms in total. The smallest absolute Gasteiger partial charge is 0.234 e. The van der Waals surface area contributed by atoms with Gasteiger partial charge in [-0.1, -0.05) is 23.9 Å². The van der Waals surface area contributed by atoms with Gasteiger partial charge in [0, 0.05) is 49.2 Å². The van der Waals surface area contributed by atoms with Gasteiger partial charge >= 0.3 is 0 Å². The number of thioether (sulfide) groups is 1. The van der Waals surface area contributed by atoms with E-state index in [-0.39, 0.29) is 17.4 Å².